The van der Waals surface area contributed by atoms with Gasteiger partial charge in [0.2, 0.25) is 0 Å². The molecule has 0 aliphatic rings. The fourth-order valence-electron chi connectivity index (χ4n) is 9.90. The highest BCUT2D eigenvalue weighted by Gasteiger charge is 2.40. The standard InChI is InChI=1S/C61H37F5N2/c62-52-26-21-46(35-53(52)63)47-36-58(67-54-27-22-42(38-13-5-1-6-14-38)31-48(54)49-32-43(23-28-55(49)67)39-15-7-2-8-16-39)60(61(64,65)66)59(37-47)68-56-29-24-44(40-17-9-3-10-18-40)33-50(56)51-34-45(25-30-57(51)68)41-19-11-4-12-20-41/h1-37H. The summed E-state index contributed by atoms with van der Waals surface area (Å²) in [5.74, 6) is -2.17. The molecule has 0 amide bonds. The second kappa shape index (κ2) is 16.1. The molecule has 326 valence electrons. The predicted octanol–water partition coefficient (Wildman–Crippen LogP) is 17.5. The lowest BCUT2D eigenvalue weighted by molar-refractivity contribution is -0.137. The maximum Gasteiger partial charge on any atom is 0.420 e. The minimum Gasteiger partial charge on any atom is -0.309 e. The summed E-state index contributed by atoms with van der Waals surface area (Å²) in [6.45, 7) is 0. The second-order valence-electron chi connectivity index (χ2n) is 17.1. The third-order valence-corrected chi connectivity index (χ3v) is 13.1. The third kappa shape index (κ3) is 6.94. The molecular weight excluding hydrogens is 856 g/mol. The molecule has 0 fully saturated rings. The lowest BCUT2D eigenvalue weighted by Gasteiger charge is -2.23. The van der Waals surface area contributed by atoms with Crippen LogP contribution in [0.5, 0.6) is 0 Å². The van der Waals surface area contributed by atoms with Gasteiger partial charge in [0.1, 0.15) is 5.56 Å². The van der Waals surface area contributed by atoms with Gasteiger partial charge in [-0.1, -0.05) is 152 Å². The molecule has 0 saturated carbocycles. The van der Waals surface area contributed by atoms with Crippen LogP contribution in [0, 0.1) is 11.6 Å². The van der Waals surface area contributed by atoms with Crippen LogP contribution in [-0.2, 0) is 6.18 Å². The van der Waals surface area contributed by atoms with E-state index in [2.05, 4.69) is 0 Å². The van der Waals surface area contributed by atoms with Gasteiger partial charge in [-0.2, -0.15) is 13.2 Å². The number of nitrogens with zero attached hydrogens (tertiary/aromatic N) is 2. The molecule has 10 aromatic carbocycles. The van der Waals surface area contributed by atoms with Crippen LogP contribution < -0.4 is 0 Å². The topological polar surface area (TPSA) is 9.86 Å². The summed E-state index contributed by atoms with van der Waals surface area (Å²) in [5, 5.41) is 3.02. The van der Waals surface area contributed by atoms with Gasteiger partial charge >= 0.3 is 6.18 Å². The van der Waals surface area contributed by atoms with Crippen molar-refractivity contribution in [3.05, 3.63) is 242 Å². The Labute approximate surface area is 388 Å². The van der Waals surface area contributed by atoms with E-state index in [1.54, 1.807) is 9.13 Å². The summed E-state index contributed by atoms with van der Waals surface area (Å²) in [6, 6.07) is 69.2. The number of fused-ring (bicyclic) bond motifs is 6. The molecule has 2 aromatic heterocycles. The summed E-state index contributed by atoms with van der Waals surface area (Å²) in [6.07, 6.45) is -4.93. The first-order valence-corrected chi connectivity index (χ1v) is 22.3. The largest absolute Gasteiger partial charge is 0.420 e. The van der Waals surface area contributed by atoms with Crippen LogP contribution in [0.3, 0.4) is 0 Å². The minimum atomic E-state index is -4.93. The van der Waals surface area contributed by atoms with Gasteiger partial charge in [0.05, 0.1) is 33.4 Å². The SMILES string of the molecule is Fc1ccc(-c2cc(-n3c4ccc(-c5ccccc5)cc4c4cc(-c5ccccc5)ccc43)c(C(F)(F)F)c(-n3c4ccc(-c5ccccc5)cc4c4cc(-c5ccccc5)ccc43)c2)cc1F. The van der Waals surface area contributed by atoms with Crippen molar-refractivity contribution >= 4 is 43.6 Å². The average molecular weight is 893 g/mol. The van der Waals surface area contributed by atoms with E-state index in [9.17, 15) is 4.39 Å². The highest BCUT2D eigenvalue weighted by molar-refractivity contribution is 6.13. The van der Waals surface area contributed by atoms with Gasteiger partial charge in [0.25, 0.3) is 0 Å². The Bertz CT molecular complexity index is 3480. The van der Waals surface area contributed by atoms with Crippen LogP contribution in [0.25, 0.3) is 111 Å². The number of benzene rings is 10. The molecule has 0 aliphatic heterocycles. The van der Waals surface area contributed by atoms with Crippen molar-refractivity contribution in [3.8, 4) is 67.0 Å². The van der Waals surface area contributed by atoms with Gasteiger partial charge in [0, 0.05) is 21.5 Å². The quantitative estimate of drug-likeness (QED) is 0.141. The van der Waals surface area contributed by atoms with Gasteiger partial charge in [0.15, 0.2) is 11.6 Å². The van der Waals surface area contributed by atoms with Gasteiger partial charge in [-0.25, -0.2) is 8.78 Å². The molecule has 0 saturated heterocycles. The van der Waals surface area contributed by atoms with Gasteiger partial charge in [-0.15, -0.1) is 0 Å². The molecule has 12 aromatic rings. The normalized spacial score (nSPS) is 11.9. The summed E-state index contributed by atoms with van der Waals surface area (Å²) in [5.41, 5.74) is 8.95. The molecule has 68 heavy (non-hydrogen) atoms. The van der Waals surface area contributed by atoms with Crippen molar-refractivity contribution in [2.45, 2.75) is 6.18 Å². The molecule has 0 spiro atoms. The van der Waals surface area contributed by atoms with E-state index in [0.29, 0.717) is 22.1 Å². The van der Waals surface area contributed by atoms with E-state index in [4.69, 9.17) is 0 Å². The molecule has 7 heteroatoms. The first kappa shape index (κ1) is 40.9. The Morgan fingerprint density at radius 3 is 0.853 bits per heavy atom. The first-order chi connectivity index (χ1) is 33.2. The molecule has 0 radical (unpaired) electrons. The highest BCUT2D eigenvalue weighted by atomic mass is 19.4. The van der Waals surface area contributed by atoms with E-state index in [1.165, 1.54) is 18.2 Å². The molecule has 0 bridgehead atoms. The van der Waals surface area contributed by atoms with E-state index in [0.717, 1.165) is 78.2 Å². The van der Waals surface area contributed by atoms with E-state index in [1.807, 2.05) is 194 Å². The lowest BCUT2D eigenvalue weighted by Crippen LogP contribution is -2.16. The van der Waals surface area contributed by atoms with E-state index >= 15 is 17.6 Å². The Hall–Kier alpha value is -8.55. The van der Waals surface area contributed by atoms with Crippen LogP contribution in [-0.4, -0.2) is 9.13 Å². The molecule has 2 nitrogen and oxygen atoms in total. The van der Waals surface area contributed by atoms with Crippen molar-refractivity contribution in [3.63, 3.8) is 0 Å². The molecule has 0 unspecified atom stereocenters. The fourth-order valence-corrected chi connectivity index (χ4v) is 9.90. The fraction of sp³-hybridized carbons (Fsp3) is 0.0164. The zero-order chi connectivity index (χ0) is 46.1. The predicted molar refractivity (Wildman–Crippen MR) is 267 cm³/mol. The maximum atomic E-state index is 16.7. The molecule has 0 N–H and O–H groups in total. The minimum absolute atomic E-state index is 0.161. The average Bonchev–Trinajstić information content (AvgIpc) is 3.88. The van der Waals surface area contributed by atoms with Gasteiger partial charge in [-0.3, -0.25) is 0 Å². The Kier molecular flexibility index (Phi) is 9.69. The number of hydrogen-bond donors (Lipinski definition) is 0. The van der Waals surface area contributed by atoms with Crippen molar-refractivity contribution in [1.82, 2.24) is 9.13 Å². The van der Waals surface area contributed by atoms with Crippen molar-refractivity contribution < 1.29 is 22.0 Å². The van der Waals surface area contributed by atoms with Gasteiger partial charge < -0.3 is 9.13 Å². The van der Waals surface area contributed by atoms with Crippen molar-refractivity contribution in [1.29, 1.82) is 0 Å². The van der Waals surface area contributed by atoms with Crippen molar-refractivity contribution in [2.75, 3.05) is 0 Å². The first-order valence-electron chi connectivity index (χ1n) is 22.3. The lowest BCUT2D eigenvalue weighted by atomic mass is 9.98. The molecular formula is C61H37F5N2. The van der Waals surface area contributed by atoms with Crippen LogP contribution in [0.4, 0.5) is 22.0 Å². The summed E-state index contributed by atoms with van der Waals surface area (Å²) in [7, 11) is 0. The number of rotatable bonds is 7. The molecule has 0 aliphatic carbocycles. The maximum absolute atomic E-state index is 16.7. The van der Waals surface area contributed by atoms with E-state index in [-0.39, 0.29) is 22.5 Å². The zero-order valence-electron chi connectivity index (χ0n) is 36.1. The van der Waals surface area contributed by atoms with Crippen LogP contribution in [0.2, 0.25) is 0 Å². The zero-order valence-corrected chi connectivity index (χ0v) is 36.1. The van der Waals surface area contributed by atoms with Crippen molar-refractivity contribution in [2.24, 2.45) is 0 Å². The smallest absolute Gasteiger partial charge is 0.309 e. The third-order valence-electron chi connectivity index (χ3n) is 13.1. The molecule has 0 atom stereocenters. The van der Waals surface area contributed by atoms with Gasteiger partial charge in [-0.05, 0) is 128 Å². The Morgan fingerprint density at radius 1 is 0.265 bits per heavy atom. The number of alkyl halides is 3. The summed E-state index contributed by atoms with van der Waals surface area (Å²) in [4.78, 5) is 0. The number of hydrogen-bond acceptors (Lipinski definition) is 0. The van der Waals surface area contributed by atoms with Crippen LogP contribution >= 0.6 is 0 Å². The highest BCUT2D eigenvalue weighted by Crippen LogP contribution is 2.48. The second-order valence-corrected chi connectivity index (χ2v) is 17.1. The number of aromatic nitrogens is 2. The van der Waals surface area contributed by atoms with Crippen LogP contribution in [0.15, 0.2) is 224 Å². The monoisotopic (exact) mass is 892 g/mol. The summed E-state index contributed by atoms with van der Waals surface area (Å²) >= 11 is 0. The number of halogens is 5. The molecule has 2 heterocycles. The van der Waals surface area contributed by atoms with E-state index < -0.39 is 23.4 Å². The Morgan fingerprint density at radius 2 is 0.559 bits per heavy atom. The summed E-state index contributed by atoms with van der Waals surface area (Å²) < 4.78 is 83.5. The molecule has 12 rings (SSSR count). The van der Waals surface area contributed by atoms with Crippen LogP contribution in [0.1, 0.15) is 5.56 Å². The Balaban J connectivity index is 1.21.